The number of alkyl halides is 3. The Bertz CT molecular complexity index is 884. The number of nitrogens with one attached hydrogen (secondary N) is 1. The van der Waals surface area contributed by atoms with Gasteiger partial charge in [0, 0.05) is 12.6 Å². The molecule has 0 atom stereocenters. The van der Waals surface area contributed by atoms with Crippen molar-refractivity contribution < 1.29 is 40.7 Å². The van der Waals surface area contributed by atoms with Gasteiger partial charge in [0.05, 0.1) is 12.2 Å². The van der Waals surface area contributed by atoms with Crippen LogP contribution in [0.4, 0.5) is 32.0 Å². The molecule has 0 aliphatic heterocycles. The molecule has 5 nitrogen and oxygen atoms in total. The van der Waals surface area contributed by atoms with Crippen LogP contribution in [0.1, 0.15) is 10.4 Å². The molecule has 150 valence electrons. The molecule has 0 spiro atoms. The Hall–Kier alpha value is -3.24. The van der Waals surface area contributed by atoms with E-state index in [-0.39, 0.29) is 5.56 Å². The third-order valence-corrected chi connectivity index (χ3v) is 3.37. The Morgan fingerprint density at radius 1 is 1.00 bits per heavy atom. The molecule has 0 heterocycles. The second-order valence-electron chi connectivity index (χ2n) is 5.50. The molecule has 0 fully saturated rings. The van der Waals surface area contributed by atoms with Gasteiger partial charge in [0.1, 0.15) is 5.75 Å². The average molecular weight is 406 g/mol. The molecule has 0 aromatic heterocycles. The minimum absolute atomic E-state index is 0.0381. The quantitative estimate of drug-likeness (QED) is 0.609. The number of rotatable bonds is 5. The first-order valence-corrected chi connectivity index (χ1v) is 7.52. The van der Waals surface area contributed by atoms with Gasteiger partial charge in [0.25, 0.3) is 5.91 Å². The second kappa shape index (κ2) is 8.19. The summed E-state index contributed by atoms with van der Waals surface area (Å²) < 4.78 is 79.6. The van der Waals surface area contributed by atoms with Gasteiger partial charge >= 0.3 is 6.36 Å². The van der Waals surface area contributed by atoms with Gasteiger partial charge in [-0.05, 0) is 36.4 Å². The largest absolute Gasteiger partial charge is 0.573 e. The van der Waals surface area contributed by atoms with Crippen LogP contribution in [0.3, 0.4) is 0 Å². The lowest BCUT2D eigenvalue weighted by Crippen LogP contribution is -2.35. The molecule has 28 heavy (non-hydrogen) atoms. The molecule has 0 bridgehead atoms. The molecule has 0 saturated heterocycles. The maximum Gasteiger partial charge on any atom is 0.573 e. The van der Waals surface area contributed by atoms with E-state index in [9.17, 15) is 35.9 Å². The van der Waals surface area contributed by atoms with Gasteiger partial charge in [0.15, 0.2) is 17.5 Å². The molecule has 0 aliphatic carbocycles. The highest BCUT2D eigenvalue weighted by molar-refractivity contribution is 5.99. The van der Waals surface area contributed by atoms with Crippen LogP contribution in [0.25, 0.3) is 0 Å². The molecule has 11 heteroatoms. The predicted octanol–water partition coefficient (Wildman–Crippen LogP) is 3.71. The maximum atomic E-state index is 13.5. The minimum atomic E-state index is -4.88. The highest BCUT2D eigenvalue weighted by Crippen LogP contribution is 2.23. The molecule has 0 radical (unpaired) electrons. The molecule has 0 saturated carbocycles. The zero-order chi connectivity index (χ0) is 21.1. The molecule has 2 aromatic carbocycles. The van der Waals surface area contributed by atoms with Crippen LogP contribution in [0.2, 0.25) is 0 Å². The van der Waals surface area contributed by atoms with Crippen molar-refractivity contribution >= 4 is 17.5 Å². The number of amides is 2. The monoisotopic (exact) mass is 406 g/mol. The summed E-state index contributed by atoms with van der Waals surface area (Å²) in [7, 11) is 1.21. The van der Waals surface area contributed by atoms with Gasteiger partial charge in [-0.3, -0.25) is 9.59 Å². The van der Waals surface area contributed by atoms with Gasteiger partial charge in [-0.25, -0.2) is 13.2 Å². The van der Waals surface area contributed by atoms with Crippen molar-refractivity contribution in [2.45, 2.75) is 6.36 Å². The minimum Gasteiger partial charge on any atom is -0.406 e. The normalized spacial score (nSPS) is 11.1. The summed E-state index contributed by atoms with van der Waals surface area (Å²) in [5, 5.41) is 1.99. The second-order valence-corrected chi connectivity index (χ2v) is 5.50. The third kappa shape index (κ3) is 5.38. The molecule has 2 aromatic rings. The molecular weight excluding hydrogens is 394 g/mol. The van der Waals surface area contributed by atoms with Crippen LogP contribution < -0.4 is 10.1 Å². The third-order valence-electron chi connectivity index (χ3n) is 3.37. The average Bonchev–Trinajstić information content (AvgIpc) is 2.61. The van der Waals surface area contributed by atoms with Crippen LogP contribution in [-0.4, -0.2) is 36.7 Å². The number of carbonyl (C=O) groups is 2. The van der Waals surface area contributed by atoms with Crippen LogP contribution in [0.5, 0.6) is 5.75 Å². The van der Waals surface area contributed by atoms with Crippen LogP contribution >= 0.6 is 0 Å². The lowest BCUT2D eigenvalue weighted by molar-refractivity contribution is -0.274. The van der Waals surface area contributed by atoms with Crippen molar-refractivity contribution in [3.63, 3.8) is 0 Å². The molecule has 1 N–H and O–H groups in total. The van der Waals surface area contributed by atoms with Crippen molar-refractivity contribution in [2.24, 2.45) is 0 Å². The van der Waals surface area contributed by atoms with E-state index in [0.717, 1.165) is 35.2 Å². The van der Waals surface area contributed by atoms with Crippen molar-refractivity contribution in [1.29, 1.82) is 0 Å². The number of ether oxygens (including phenoxy) is 1. The van der Waals surface area contributed by atoms with E-state index < -0.39 is 53.6 Å². The number of hydrogen-bond donors (Lipinski definition) is 1. The van der Waals surface area contributed by atoms with Gasteiger partial charge in [-0.2, -0.15) is 0 Å². The van der Waals surface area contributed by atoms with Gasteiger partial charge in [-0.1, -0.05) is 0 Å². The van der Waals surface area contributed by atoms with Crippen molar-refractivity contribution in [3.8, 4) is 5.75 Å². The Kier molecular flexibility index (Phi) is 6.16. The Morgan fingerprint density at radius 2 is 1.61 bits per heavy atom. The van der Waals surface area contributed by atoms with E-state index in [1.54, 1.807) is 0 Å². The summed E-state index contributed by atoms with van der Waals surface area (Å²) in [4.78, 5) is 25.0. The van der Waals surface area contributed by atoms with E-state index >= 15 is 0 Å². The molecule has 0 aliphatic rings. The van der Waals surface area contributed by atoms with Crippen molar-refractivity contribution in [1.82, 2.24) is 4.90 Å². The fourth-order valence-electron chi connectivity index (χ4n) is 2.12. The highest BCUT2D eigenvalue weighted by atomic mass is 19.4. The van der Waals surface area contributed by atoms with E-state index in [0.29, 0.717) is 6.07 Å². The number of halogens is 6. The van der Waals surface area contributed by atoms with E-state index in [2.05, 4.69) is 4.74 Å². The van der Waals surface area contributed by atoms with E-state index in [4.69, 9.17) is 0 Å². The Balaban J connectivity index is 2.00. The fourth-order valence-corrected chi connectivity index (χ4v) is 2.12. The number of benzene rings is 2. The first-order chi connectivity index (χ1) is 13.0. The topological polar surface area (TPSA) is 58.6 Å². The highest BCUT2D eigenvalue weighted by Gasteiger charge is 2.31. The summed E-state index contributed by atoms with van der Waals surface area (Å²) >= 11 is 0. The number of likely N-dealkylation sites (N-methyl/N-ethyl adjacent to an activating group) is 1. The molecule has 2 amide bonds. The van der Waals surface area contributed by atoms with Gasteiger partial charge < -0.3 is 15.0 Å². The standard InChI is InChI=1S/C17H12F6N2O3/c1-25(8-13(26)24-12-7-6-11(18)14(19)15(12)20)16(27)9-2-4-10(5-3-9)28-17(21,22)23/h2-7H,8H2,1H3,(H,24,26). The number of hydrogen-bond acceptors (Lipinski definition) is 3. The lowest BCUT2D eigenvalue weighted by atomic mass is 10.2. The first-order valence-electron chi connectivity index (χ1n) is 7.52. The first kappa shape index (κ1) is 21.1. The van der Waals surface area contributed by atoms with Gasteiger partial charge in [0.2, 0.25) is 5.91 Å². The summed E-state index contributed by atoms with van der Waals surface area (Å²) in [6, 6.07) is 5.40. The summed E-state index contributed by atoms with van der Waals surface area (Å²) in [6.07, 6.45) is -4.88. The lowest BCUT2D eigenvalue weighted by Gasteiger charge is -2.17. The van der Waals surface area contributed by atoms with Crippen LogP contribution in [0.15, 0.2) is 36.4 Å². The molecular formula is C17H12F6N2O3. The Morgan fingerprint density at radius 3 is 2.18 bits per heavy atom. The Labute approximate surface area is 154 Å². The number of anilines is 1. The zero-order valence-electron chi connectivity index (χ0n) is 14.1. The van der Waals surface area contributed by atoms with Crippen molar-refractivity contribution in [2.75, 3.05) is 18.9 Å². The fraction of sp³-hybridized carbons (Fsp3) is 0.176. The van der Waals surface area contributed by atoms with Crippen LogP contribution in [0, 0.1) is 17.5 Å². The molecule has 2 rings (SSSR count). The summed E-state index contributed by atoms with van der Waals surface area (Å²) in [5.74, 6) is -6.94. The zero-order valence-corrected chi connectivity index (χ0v) is 14.1. The smallest absolute Gasteiger partial charge is 0.406 e. The predicted molar refractivity (Wildman–Crippen MR) is 85.0 cm³/mol. The van der Waals surface area contributed by atoms with E-state index in [1.165, 1.54) is 7.05 Å². The van der Waals surface area contributed by atoms with E-state index in [1.807, 2.05) is 5.32 Å². The maximum absolute atomic E-state index is 13.5. The summed E-state index contributed by atoms with van der Waals surface area (Å²) in [5.41, 5.74) is -0.651. The molecule has 0 unspecified atom stereocenters. The van der Waals surface area contributed by atoms with Gasteiger partial charge in [-0.15, -0.1) is 13.2 Å². The van der Waals surface area contributed by atoms with Crippen LogP contribution in [-0.2, 0) is 4.79 Å². The summed E-state index contributed by atoms with van der Waals surface area (Å²) in [6.45, 7) is -0.585. The number of carbonyl (C=O) groups excluding carboxylic acids is 2. The number of nitrogens with zero attached hydrogens (tertiary/aromatic N) is 1. The SMILES string of the molecule is CN(CC(=O)Nc1ccc(F)c(F)c1F)C(=O)c1ccc(OC(F)(F)F)cc1. The van der Waals surface area contributed by atoms with Crippen molar-refractivity contribution in [3.05, 3.63) is 59.4 Å².